The summed E-state index contributed by atoms with van der Waals surface area (Å²) in [5, 5.41) is 2.89. The minimum Gasteiger partial charge on any atom is -0.395 e. The van der Waals surface area contributed by atoms with Gasteiger partial charge in [-0.2, -0.15) is 13.2 Å². The molecule has 0 aliphatic rings. The lowest BCUT2D eigenvalue weighted by Crippen LogP contribution is -2.20. The van der Waals surface area contributed by atoms with Crippen molar-refractivity contribution in [3.05, 3.63) is 59.2 Å². The number of amides is 1. The fraction of sp³-hybridized carbons (Fsp3) is 0.348. The van der Waals surface area contributed by atoms with Crippen molar-refractivity contribution in [3.8, 4) is 0 Å². The Kier molecular flexibility index (Phi) is 6.29. The van der Waals surface area contributed by atoms with Crippen molar-refractivity contribution >= 4 is 28.8 Å². The van der Waals surface area contributed by atoms with Gasteiger partial charge in [0.1, 0.15) is 11.5 Å². The topological polar surface area (TPSA) is 85.8 Å². The van der Waals surface area contributed by atoms with Gasteiger partial charge in [0.05, 0.1) is 16.7 Å². The minimum absolute atomic E-state index is 0.0849. The molecule has 3 aromatic heterocycles. The van der Waals surface area contributed by atoms with Crippen LogP contribution in [0.15, 0.2) is 42.4 Å². The highest BCUT2D eigenvalue weighted by Crippen LogP contribution is 2.25. The van der Waals surface area contributed by atoms with Crippen LogP contribution in [0.4, 0.5) is 19.0 Å². The third-order valence-corrected chi connectivity index (χ3v) is 4.72. The summed E-state index contributed by atoms with van der Waals surface area (Å²) in [6.07, 6.45) is -0.00603. The Labute approximate surface area is 184 Å². The van der Waals surface area contributed by atoms with Crippen molar-refractivity contribution in [2.75, 3.05) is 5.32 Å². The number of fused-ring (bicyclic) bond motifs is 1. The second-order valence-corrected chi connectivity index (χ2v) is 8.98. The van der Waals surface area contributed by atoms with Gasteiger partial charge in [-0.05, 0) is 47.7 Å². The van der Waals surface area contributed by atoms with E-state index in [1.807, 2.05) is 50.6 Å². The minimum atomic E-state index is -4.58. The molecule has 170 valence electrons. The normalized spacial score (nSPS) is 12.9. The van der Waals surface area contributed by atoms with E-state index in [0.29, 0.717) is 18.8 Å². The van der Waals surface area contributed by atoms with Crippen LogP contribution in [0.2, 0.25) is 0 Å². The van der Waals surface area contributed by atoms with Gasteiger partial charge in [-0.15, -0.1) is 0 Å². The van der Waals surface area contributed by atoms with E-state index in [9.17, 15) is 18.0 Å². The molecule has 0 aliphatic carbocycles. The number of rotatable bonds is 5. The van der Waals surface area contributed by atoms with Crippen molar-refractivity contribution in [1.29, 1.82) is 0 Å². The lowest BCUT2D eigenvalue weighted by molar-refractivity contribution is -0.117. The smallest absolute Gasteiger partial charge is 0.395 e. The first-order valence-corrected chi connectivity index (χ1v) is 10.1. The van der Waals surface area contributed by atoms with E-state index in [2.05, 4.69) is 15.3 Å². The highest BCUT2D eigenvalue weighted by atomic mass is 19.4. The third kappa shape index (κ3) is 5.87. The highest BCUT2D eigenvalue weighted by molar-refractivity contribution is 5.92. The molecule has 32 heavy (non-hydrogen) atoms. The first kappa shape index (κ1) is 23.3. The molecule has 6 nitrogen and oxygen atoms in total. The van der Waals surface area contributed by atoms with Crippen LogP contribution >= 0.6 is 0 Å². The Balaban J connectivity index is 1.78. The van der Waals surface area contributed by atoms with Gasteiger partial charge in [0.15, 0.2) is 0 Å². The summed E-state index contributed by atoms with van der Waals surface area (Å²) < 4.78 is 39.7. The van der Waals surface area contributed by atoms with E-state index in [4.69, 9.17) is 5.73 Å². The van der Waals surface area contributed by atoms with Gasteiger partial charge >= 0.3 is 6.18 Å². The Morgan fingerprint density at radius 3 is 2.53 bits per heavy atom. The number of nitrogens with zero attached hydrogens (tertiary/aromatic N) is 3. The molecule has 0 fully saturated rings. The number of aryl methyl sites for hydroxylation is 1. The van der Waals surface area contributed by atoms with Crippen LogP contribution in [0.5, 0.6) is 0 Å². The molecule has 0 aromatic carbocycles. The number of aromatic nitrogens is 3. The second-order valence-electron chi connectivity index (χ2n) is 8.98. The Hall–Kier alpha value is -3.36. The van der Waals surface area contributed by atoms with Crippen LogP contribution in [0.3, 0.4) is 0 Å². The van der Waals surface area contributed by atoms with Gasteiger partial charge in [-0.3, -0.25) is 9.78 Å². The van der Waals surface area contributed by atoms with Gasteiger partial charge in [0, 0.05) is 25.4 Å². The van der Waals surface area contributed by atoms with Crippen molar-refractivity contribution in [2.45, 2.75) is 46.8 Å². The van der Waals surface area contributed by atoms with E-state index in [-0.39, 0.29) is 17.0 Å². The Morgan fingerprint density at radius 2 is 1.94 bits per heavy atom. The van der Waals surface area contributed by atoms with Crippen LogP contribution in [0.25, 0.3) is 17.1 Å². The zero-order chi connectivity index (χ0) is 23.7. The largest absolute Gasteiger partial charge is 0.430 e. The third-order valence-electron chi connectivity index (χ3n) is 4.72. The zero-order valence-corrected chi connectivity index (χ0v) is 18.4. The monoisotopic (exact) mass is 445 g/mol. The zero-order valence-electron chi connectivity index (χ0n) is 18.4. The average molecular weight is 445 g/mol. The number of allylic oxidation sites excluding steroid dienone is 1. The number of alkyl halides is 3. The maximum absolute atomic E-state index is 12.6. The molecule has 0 atom stereocenters. The number of nitrogens with two attached hydrogens (primary N) is 1. The lowest BCUT2D eigenvalue weighted by atomic mass is 9.92. The molecule has 9 heteroatoms. The van der Waals surface area contributed by atoms with Crippen LogP contribution in [-0.4, -0.2) is 26.6 Å². The molecule has 3 aromatic rings. The summed E-state index contributed by atoms with van der Waals surface area (Å²) in [4.78, 5) is 20.9. The number of pyridine rings is 2. The SMILES string of the molecule is Cc1cc2c(ccn2Cc2ccc(/C=C(\N)C(F)(F)F)nc2)nc1NC(=O)CC(C)(C)C. The summed E-state index contributed by atoms with van der Waals surface area (Å²) in [6, 6.07) is 6.99. The summed E-state index contributed by atoms with van der Waals surface area (Å²) in [5.74, 6) is 0.447. The molecule has 0 bridgehead atoms. The molecule has 3 heterocycles. The molecule has 0 aliphatic heterocycles. The first-order chi connectivity index (χ1) is 14.8. The van der Waals surface area contributed by atoms with Crippen LogP contribution < -0.4 is 11.1 Å². The number of carbonyl (C=O) groups is 1. The van der Waals surface area contributed by atoms with Crippen LogP contribution in [0, 0.1) is 12.3 Å². The molecule has 1 amide bonds. The van der Waals surface area contributed by atoms with Crippen LogP contribution in [-0.2, 0) is 11.3 Å². The van der Waals surface area contributed by atoms with Gasteiger partial charge in [-0.1, -0.05) is 26.8 Å². The maximum atomic E-state index is 12.6. The van der Waals surface area contributed by atoms with Crippen molar-refractivity contribution in [1.82, 2.24) is 14.5 Å². The van der Waals surface area contributed by atoms with Gasteiger partial charge in [-0.25, -0.2) is 4.98 Å². The maximum Gasteiger partial charge on any atom is 0.430 e. The van der Waals surface area contributed by atoms with E-state index >= 15 is 0 Å². The lowest BCUT2D eigenvalue weighted by Gasteiger charge is -2.17. The quantitative estimate of drug-likeness (QED) is 0.577. The Morgan fingerprint density at radius 1 is 1.22 bits per heavy atom. The average Bonchev–Trinajstić information content (AvgIpc) is 3.03. The van der Waals surface area contributed by atoms with Crippen LogP contribution in [0.1, 0.15) is 44.0 Å². The fourth-order valence-electron chi connectivity index (χ4n) is 3.18. The van der Waals surface area contributed by atoms with Crippen molar-refractivity contribution < 1.29 is 18.0 Å². The molecule has 0 saturated heterocycles. The van der Waals surface area contributed by atoms with E-state index in [1.54, 1.807) is 6.07 Å². The van der Waals surface area contributed by atoms with Gasteiger partial charge < -0.3 is 15.6 Å². The van der Waals surface area contributed by atoms with Gasteiger partial charge in [0.2, 0.25) is 5.91 Å². The fourth-order valence-corrected chi connectivity index (χ4v) is 3.18. The standard InChI is InChI=1S/C23H26F3N5O/c1-14-9-18-17(29-21(14)30-20(32)11-22(2,3)4)7-8-31(18)13-15-5-6-16(28-12-15)10-19(27)23(24,25)26/h5-10,12H,11,13,27H2,1-4H3,(H,29,30,32)/b19-10-. The predicted molar refractivity (Wildman–Crippen MR) is 119 cm³/mol. The van der Waals surface area contributed by atoms with Crippen molar-refractivity contribution in [3.63, 3.8) is 0 Å². The number of halogens is 3. The summed E-state index contributed by atoms with van der Waals surface area (Å²) in [6.45, 7) is 8.34. The Bertz CT molecular complexity index is 1160. The highest BCUT2D eigenvalue weighted by Gasteiger charge is 2.31. The molecular formula is C23H26F3N5O. The number of carbonyl (C=O) groups excluding carboxylic acids is 1. The number of nitrogens with one attached hydrogen (secondary N) is 1. The summed E-state index contributed by atoms with van der Waals surface area (Å²) in [7, 11) is 0. The summed E-state index contributed by atoms with van der Waals surface area (Å²) in [5.41, 5.74) is 7.11. The first-order valence-electron chi connectivity index (χ1n) is 10.1. The molecule has 0 saturated carbocycles. The van der Waals surface area contributed by atoms with E-state index in [1.165, 1.54) is 12.3 Å². The molecule has 3 N–H and O–H groups in total. The van der Waals surface area contributed by atoms with Crippen molar-refractivity contribution in [2.24, 2.45) is 11.1 Å². The molecule has 0 spiro atoms. The van der Waals surface area contributed by atoms with E-state index in [0.717, 1.165) is 28.2 Å². The number of hydrogen-bond donors (Lipinski definition) is 2. The van der Waals surface area contributed by atoms with Gasteiger partial charge in [0.25, 0.3) is 0 Å². The molecular weight excluding hydrogens is 419 g/mol. The number of hydrogen-bond acceptors (Lipinski definition) is 4. The predicted octanol–water partition coefficient (Wildman–Crippen LogP) is 5.02. The molecule has 0 radical (unpaired) electrons. The molecule has 0 unspecified atom stereocenters. The summed E-state index contributed by atoms with van der Waals surface area (Å²) >= 11 is 0. The molecule has 3 rings (SSSR count). The van der Waals surface area contributed by atoms with E-state index < -0.39 is 11.9 Å². The second kappa shape index (κ2) is 8.64. The number of anilines is 1.